The van der Waals surface area contributed by atoms with Crippen LogP contribution in [0.25, 0.3) is 5.76 Å². The zero-order valence-electron chi connectivity index (χ0n) is 15.0. The fraction of sp³-hybridized carbons (Fsp3) is 0.0435. The summed E-state index contributed by atoms with van der Waals surface area (Å²) in [5.41, 5.74) is 0.776. The largest absolute Gasteiger partial charge is 0.507 e. The van der Waals surface area contributed by atoms with E-state index in [1.807, 2.05) is 0 Å². The van der Waals surface area contributed by atoms with E-state index >= 15 is 0 Å². The maximum Gasteiger partial charge on any atom is 0.300 e. The molecule has 1 atom stereocenters. The Morgan fingerprint density at radius 3 is 2.31 bits per heavy atom. The number of benzene rings is 3. The number of Topliss-reactive ketones (excluding diaryl/α,β-unsaturated/α-hetero) is 1. The summed E-state index contributed by atoms with van der Waals surface area (Å²) >= 11 is 3.36. The van der Waals surface area contributed by atoms with E-state index in [9.17, 15) is 19.1 Å². The summed E-state index contributed by atoms with van der Waals surface area (Å²) in [4.78, 5) is 27.1. The van der Waals surface area contributed by atoms with E-state index in [4.69, 9.17) is 0 Å². The summed E-state index contributed by atoms with van der Waals surface area (Å²) in [5.74, 6) is -2.60. The Morgan fingerprint density at radius 2 is 1.62 bits per heavy atom. The topological polar surface area (TPSA) is 57.6 Å². The Balaban J connectivity index is 1.99. The van der Waals surface area contributed by atoms with Gasteiger partial charge < -0.3 is 5.11 Å². The zero-order chi connectivity index (χ0) is 20.5. The molecule has 1 fully saturated rings. The molecule has 0 aliphatic carbocycles. The lowest BCUT2D eigenvalue weighted by Crippen LogP contribution is -2.29. The van der Waals surface area contributed by atoms with Crippen LogP contribution < -0.4 is 4.90 Å². The van der Waals surface area contributed by atoms with Gasteiger partial charge in [0.1, 0.15) is 11.6 Å². The van der Waals surface area contributed by atoms with Gasteiger partial charge in [-0.25, -0.2) is 4.39 Å². The Kier molecular flexibility index (Phi) is 5.03. The van der Waals surface area contributed by atoms with E-state index in [0.29, 0.717) is 15.7 Å². The average molecular weight is 452 g/mol. The van der Waals surface area contributed by atoms with Crippen LogP contribution in [-0.2, 0) is 9.59 Å². The molecule has 1 aliphatic rings. The van der Waals surface area contributed by atoms with Crippen LogP contribution in [-0.4, -0.2) is 16.8 Å². The second-order valence-corrected chi connectivity index (χ2v) is 7.45. The van der Waals surface area contributed by atoms with Crippen LogP contribution in [0.4, 0.5) is 10.1 Å². The van der Waals surface area contributed by atoms with Crippen molar-refractivity contribution in [1.82, 2.24) is 0 Å². The highest BCUT2D eigenvalue weighted by molar-refractivity contribution is 9.10. The third-order valence-corrected chi connectivity index (χ3v) is 5.27. The highest BCUT2D eigenvalue weighted by atomic mass is 79.9. The predicted molar refractivity (Wildman–Crippen MR) is 112 cm³/mol. The molecular weight excluding hydrogens is 437 g/mol. The molecule has 0 bridgehead atoms. The SMILES string of the molecule is O=C1C(=O)N(c2cccc(Br)c2)C(c2ccccc2F)/C1=C(\O)c1ccccc1. The summed E-state index contributed by atoms with van der Waals surface area (Å²) in [6, 6.07) is 20.1. The number of halogens is 2. The van der Waals surface area contributed by atoms with Crippen molar-refractivity contribution in [2.75, 3.05) is 4.90 Å². The Hall–Kier alpha value is -3.25. The molecule has 29 heavy (non-hydrogen) atoms. The van der Waals surface area contributed by atoms with Crippen LogP contribution >= 0.6 is 15.9 Å². The summed E-state index contributed by atoms with van der Waals surface area (Å²) < 4.78 is 15.4. The molecule has 1 amide bonds. The maximum absolute atomic E-state index is 14.7. The van der Waals surface area contributed by atoms with Crippen LogP contribution in [0.5, 0.6) is 0 Å². The molecule has 1 unspecified atom stereocenters. The Bertz CT molecular complexity index is 1140. The smallest absolute Gasteiger partial charge is 0.300 e. The summed E-state index contributed by atoms with van der Waals surface area (Å²) in [7, 11) is 0. The first-order valence-corrected chi connectivity index (χ1v) is 9.64. The van der Waals surface area contributed by atoms with Crippen molar-refractivity contribution in [3.63, 3.8) is 0 Å². The van der Waals surface area contributed by atoms with Gasteiger partial charge in [0.2, 0.25) is 0 Å². The fourth-order valence-corrected chi connectivity index (χ4v) is 3.85. The number of carbonyl (C=O) groups is 2. The van der Waals surface area contributed by atoms with Crippen molar-refractivity contribution in [3.8, 4) is 0 Å². The number of carbonyl (C=O) groups excluding carboxylic acids is 2. The lowest BCUT2D eigenvalue weighted by atomic mass is 9.95. The zero-order valence-corrected chi connectivity index (χ0v) is 16.6. The number of ketones is 1. The normalized spacial score (nSPS) is 18.3. The van der Waals surface area contributed by atoms with Gasteiger partial charge in [0.25, 0.3) is 11.7 Å². The van der Waals surface area contributed by atoms with E-state index in [1.54, 1.807) is 60.7 Å². The van der Waals surface area contributed by atoms with Crippen LogP contribution in [0.2, 0.25) is 0 Å². The van der Waals surface area contributed by atoms with Crippen molar-refractivity contribution in [3.05, 3.63) is 106 Å². The molecule has 4 rings (SSSR count). The minimum atomic E-state index is -1.09. The van der Waals surface area contributed by atoms with Gasteiger partial charge >= 0.3 is 0 Å². The Labute approximate surface area is 175 Å². The van der Waals surface area contributed by atoms with Crippen molar-refractivity contribution in [2.45, 2.75) is 6.04 Å². The molecule has 3 aromatic carbocycles. The Morgan fingerprint density at radius 1 is 0.931 bits per heavy atom. The number of aliphatic hydroxyl groups excluding tert-OH is 1. The third kappa shape index (κ3) is 3.36. The summed E-state index contributed by atoms with van der Waals surface area (Å²) in [6.07, 6.45) is 0. The van der Waals surface area contributed by atoms with E-state index in [0.717, 1.165) is 0 Å². The molecule has 6 heteroatoms. The molecule has 1 heterocycles. The number of rotatable bonds is 3. The number of nitrogens with zero attached hydrogens (tertiary/aromatic N) is 1. The van der Waals surface area contributed by atoms with Gasteiger partial charge in [-0.3, -0.25) is 14.5 Å². The van der Waals surface area contributed by atoms with Crippen LogP contribution in [0.15, 0.2) is 88.9 Å². The quantitative estimate of drug-likeness (QED) is 0.337. The molecule has 0 radical (unpaired) electrons. The first kappa shape index (κ1) is 19.1. The summed E-state index contributed by atoms with van der Waals surface area (Å²) in [6.45, 7) is 0. The number of amides is 1. The van der Waals surface area contributed by atoms with Gasteiger partial charge in [-0.15, -0.1) is 0 Å². The second kappa shape index (κ2) is 7.64. The van der Waals surface area contributed by atoms with Crippen molar-refractivity contribution in [2.24, 2.45) is 0 Å². The average Bonchev–Trinajstić information content (AvgIpc) is 2.99. The molecule has 1 aliphatic heterocycles. The number of hydrogen-bond donors (Lipinski definition) is 1. The minimum absolute atomic E-state index is 0.129. The van der Waals surface area contributed by atoms with Gasteiger partial charge in [-0.1, -0.05) is 70.5 Å². The highest BCUT2D eigenvalue weighted by Gasteiger charge is 2.47. The van der Waals surface area contributed by atoms with Crippen LogP contribution in [0, 0.1) is 5.82 Å². The maximum atomic E-state index is 14.7. The molecule has 3 aromatic rings. The summed E-state index contributed by atoms with van der Waals surface area (Å²) in [5, 5.41) is 10.9. The van der Waals surface area contributed by atoms with Gasteiger partial charge in [0, 0.05) is 21.3 Å². The lowest BCUT2D eigenvalue weighted by molar-refractivity contribution is -0.132. The van der Waals surface area contributed by atoms with Crippen LogP contribution in [0.3, 0.4) is 0 Å². The standard InChI is InChI=1S/C23H15BrFNO3/c24-15-9-6-10-16(13-15)26-20(17-11-4-5-12-18(17)25)19(22(28)23(26)29)21(27)14-7-2-1-3-8-14/h1-13,20,27H/b21-19+. The van der Waals surface area contributed by atoms with E-state index < -0.39 is 23.5 Å². The van der Waals surface area contributed by atoms with Gasteiger partial charge in [-0.05, 0) is 24.3 Å². The molecule has 0 aromatic heterocycles. The van der Waals surface area contributed by atoms with Gasteiger partial charge in [0.15, 0.2) is 0 Å². The van der Waals surface area contributed by atoms with E-state index in [1.165, 1.54) is 23.1 Å². The highest BCUT2D eigenvalue weighted by Crippen LogP contribution is 2.43. The molecule has 1 saturated heterocycles. The second-order valence-electron chi connectivity index (χ2n) is 6.54. The number of aliphatic hydroxyl groups is 1. The van der Waals surface area contributed by atoms with Crippen molar-refractivity contribution in [1.29, 1.82) is 0 Å². The number of anilines is 1. The van der Waals surface area contributed by atoms with Crippen molar-refractivity contribution < 1.29 is 19.1 Å². The molecule has 4 nitrogen and oxygen atoms in total. The monoisotopic (exact) mass is 451 g/mol. The number of hydrogen-bond acceptors (Lipinski definition) is 3. The first-order chi connectivity index (χ1) is 14.0. The minimum Gasteiger partial charge on any atom is -0.507 e. The third-order valence-electron chi connectivity index (χ3n) is 4.78. The van der Waals surface area contributed by atoms with E-state index in [2.05, 4.69) is 15.9 Å². The molecule has 144 valence electrons. The van der Waals surface area contributed by atoms with Crippen molar-refractivity contribution >= 4 is 39.1 Å². The van der Waals surface area contributed by atoms with E-state index in [-0.39, 0.29) is 16.9 Å². The fourth-order valence-electron chi connectivity index (χ4n) is 3.47. The molecule has 0 spiro atoms. The molecule has 1 N–H and O–H groups in total. The molecular formula is C23H15BrFNO3. The first-order valence-electron chi connectivity index (χ1n) is 8.85. The van der Waals surface area contributed by atoms with Gasteiger partial charge in [0.05, 0.1) is 11.6 Å². The predicted octanol–water partition coefficient (Wildman–Crippen LogP) is 5.21. The molecule has 0 saturated carbocycles. The lowest BCUT2D eigenvalue weighted by Gasteiger charge is -2.25. The van der Waals surface area contributed by atoms with Crippen LogP contribution in [0.1, 0.15) is 17.2 Å². The van der Waals surface area contributed by atoms with Gasteiger partial charge in [-0.2, -0.15) is 0 Å².